The fourth-order valence-corrected chi connectivity index (χ4v) is 1.89. The zero-order valence-corrected chi connectivity index (χ0v) is 10.1. The molecular formula is C12H18N4. The summed E-state index contributed by atoms with van der Waals surface area (Å²) in [6, 6.07) is 3.88. The van der Waals surface area contributed by atoms with Crippen molar-refractivity contribution >= 4 is 11.2 Å². The van der Waals surface area contributed by atoms with Gasteiger partial charge in [0.1, 0.15) is 11.3 Å². The highest BCUT2D eigenvalue weighted by molar-refractivity contribution is 5.71. The molecule has 2 aromatic rings. The molecule has 0 bridgehead atoms. The summed E-state index contributed by atoms with van der Waals surface area (Å²) in [5.74, 6) is 0.906. The van der Waals surface area contributed by atoms with Gasteiger partial charge in [-0.15, -0.1) is 0 Å². The van der Waals surface area contributed by atoms with E-state index in [4.69, 9.17) is 5.73 Å². The molecule has 0 atom stereocenters. The molecule has 16 heavy (non-hydrogen) atoms. The number of fused-ring (bicyclic) bond motifs is 1. The van der Waals surface area contributed by atoms with E-state index in [1.54, 1.807) is 6.20 Å². The van der Waals surface area contributed by atoms with Gasteiger partial charge in [-0.1, -0.05) is 6.92 Å². The lowest BCUT2D eigenvalue weighted by Crippen LogP contribution is -2.32. The molecule has 0 saturated carbocycles. The summed E-state index contributed by atoms with van der Waals surface area (Å²) in [6.07, 6.45) is 2.84. The Hall–Kier alpha value is -1.42. The highest BCUT2D eigenvalue weighted by Crippen LogP contribution is 2.21. The Morgan fingerprint density at radius 3 is 2.81 bits per heavy atom. The van der Waals surface area contributed by atoms with Crippen LogP contribution in [0.3, 0.4) is 0 Å². The topological polar surface area (TPSA) is 56.7 Å². The minimum absolute atomic E-state index is 0.435. The quantitative estimate of drug-likeness (QED) is 0.857. The van der Waals surface area contributed by atoms with Crippen molar-refractivity contribution in [3.63, 3.8) is 0 Å². The lowest BCUT2D eigenvalue weighted by molar-refractivity contribution is 0.476. The van der Waals surface area contributed by atoms with Crippen molar-refractivity contribution in [1.82, 2.24) is 14.5 Å². The number of nitrogens with zero attached hydrogens (tertiary/aromatic N) is 3. The Morgan fingerprint density at radius 1 is 1.44 bits per heavy atom. The molecular weight excluding hydrogens is 200 g/mol. The molecule has 0 spiro atoms. The average molecular weight is 218 g/mol. The Labute approximate surface area is 95.5 Å². The highest BCUT2D eigenvalue weighted by atomic mass is 15.2. The fraction of sp³-hybridized carbons (Fsp3) is 0.500. The smallest absolute Gasteiger partial charge is 0.160 e. The van der Waals surface area contributed by atoms with Crippen LogP contribution in [0.1, 0.15) is 33.0 Å². The molecule has 0 aliphatic rings. The van der Waals surface area contributed by atoms with E-state index in [1.807, 2.05) is 26.0 Å². The molecule has 4 heteroatoms. The molecule has 2 rings (SSSR count). The van der Waals surface area contributed by atoms with Gasteiger partial charge in [0.15, 0.2) is 5.65 Å². The van der Waals surface area contributed by atoms with Crippen LogP contribution in [-0.2, 0) is 12.1 Å². The number of aryl methyl sites for hydroxylation is 1. The van der Waals surface area contributed by atoms with Crippen molar-refractivity contribution in [2.75, 3.05) is 0 Å². The average Bonchev–Trinajstić information content (AvgIpc) is 2.58. The second-order valence-electron chi connectivity index (χ2n) is 4.65. The van der Waals surface area contributed by atoms with Gasteiger partial charge in [0.05, 0.1) is 5.54 Å². The lowest BCUT2D eigenvalue weighted by Gasteiger charge is -2.19. The van der Waals surface area contributed by atoms with Crippen molar-refractivity contribution in [2.24, 2.45) is 5.73 Å². The van der Waals surface area contributed by atoms with E-state index >= 15 is 0 Å². The standard InChI is InChI=1S/C12H18N4/c1-4-8-16-10-9(6-5-7-14-10)15-11(16)12(2,3)13/h5-7H,4,8,13H2,1-3H3. The third kappa shape index (κ3) is 1.80. The first-order chi connectivity index (χ1) is 7.54. The van der Waals surface area contributed by atoms with E-state index in [2.05, 4.69) is 21.5 Å². The summed E-state index contributed by atoms with van der Waals surface area (Å²) >= 11 is 0. The second kappa shape index (κ2) is 3.87. The normalized spacial score (nSPS) is 12.2. The predicted molar refractivity (Wildman–Crippen MR) is 65.0 cm³/mol. The molecule has 2 N–H and O–H groups in total. The van der Waals surface area contributed by atoms with E-state index in [0.717, 1.165) is 30.0 Å². The molecule has 0 aromatic carbocycles. The molecule has 86 valence electrons. The van der Waals surface area contributed by atoms with Gasteiger partial charge in [0.25, 0.3) is 0 Å². The molecule has 2 heterocycles. The van der Waals surface area contributed by atoms with E-state index in [-0.39, 0.29) is 0 Å². The molecule has 2 aromatic heterocycles. The van der Waals surface area contributed by atoms with Gasteiger partial charge in [-0.25, -0.2) is 9.97 Å². The number of aromatic nitrogens is 3. The summed E-state index contributed by atoms with van der Waals surface area (Å²) in [4.78, 5) is 8.96. The Balaban J connectivity index is 2.68. The fourth-order valence-electron chi connectivity index (χ4n) is 1.89. The summed E-state index contributed by atoms with van der Waals surface area (Å²) in [7, 11) is 0. The summed E-state index contributed by atoms with van der Waals surface area (Å²) in [6.45, 7) is 6.99. The van der Waals surface area contributed by atoms with Crippen LogP contribution < -0.4 is 5.73 Å². The first-order valence-electron chi connectivity index (χ1n) is 5.64. The van der Waals surface area contributed by atoms with Crippen LogP contribution in [0.2, 0.25) is 0 Å². The van der Waals surface area contributed by atoms with Gasteiger partial charge < -0.3 is 10.3 Å². The lowest BCUT2D eigenvalue weighted by atomic mass is 10.1. The SMILES string of the molecule is CCCn1c(C(C)(C)N)nc2cccnc21. The van der Waals surface area contributed by atoms with Crippen LogP contribution in [0.5, 0.6) is 0 Å². The van der Waals surface area contributed by atoms with E-state index in [9.17, 15) is 0 Å². The van der Waals surface area contributed by atoms with Crippen LogP contribution >= 0.6 is 0 Å². The maximum absolute atomic E-state index is 6.14. The van der Waals surface area contributed by atoms with Crippen LogP contribution in [0.15, 0.2) is 18.3 Å². The van der Waals surface area contributed by atoms with Gasteiger partial charge in [-0.05, 0) is 32.4 Å². The maximum Gasteiger partial charge on any atom is 0.160 e. The van der Waals surface area contributed by atoms with E-state index in [0.29, 0.717) is 0 Å². The molecule has 0 fully saturated rings. The Morgan fingerprint density at radius 2 is 2.19 bits per heavy atom. The van der Waals surface area contributed by atoms with Crippen LogP contribution in [0.4, 0.5) is 0 Å². The van der Waals surface area contributed by atoms with Crippen molar-refractivity contribution < 1.29 is 0 Å². The van der Waals surface area contributed by atoms with Gasteiger partial charge >= 0.3 is 0 Å². The number of hydrogen-bond acceptors (Lipinski definition) is 3. The third-order valence-corrected chi connectivity index (χ3v) is 2.53. The number of imidazole rings is 1. The summed E-state index contributed by atoms with van der Waals surface area (Å²) in [5.41, 5.74) is 7.56. The zero-order chi connectivity index (χ0) is 11.8. The summed E-state index contributed by atoms with van der Waals surface area (Å²) < 4.78 is 2.12. The molecule has 0 aliphatic heterocycles. The summed E-state index contributed by atoms with van der Waals surface area (Å²) in [5, 5.41) is 0. The third-order valence-electron chi connectivity index (χ3n) is 2.53. The van der Waals surface area contributed by atoms with Gasteiger partial charge in [-0.2, -0.15) is 0 Å². The largest absolute Gasteiger partial charge is 0.319 e. The molecule has 0 saturated heterocycles. The molecule has 0 unspecified atom stereocenters. The van der Waals surface area contributed by atoms with E-state index in [1.165, 1.54) is 0 Å². The maximum atomic E-state index is 6.14. The van der Waals surface area contributed by atoms with Crippen LogP contribution in [-0.4, -0.2) is 14.5 Å². The van der Waals surface area contributed by atoms with Crippen molar-refractivity contribution in [1.29, 1.82) is 0 Å². The number of pyridine rings is 1. The number of nitrogens with two attached hydrogens (primary N) is 1. The molecule has 0 radical (unpaired) electrons. The number of rotatable bonds is 3. The predicted octanol–water partition coefficient (Wildman–Crippen LogP) is 2.04. The molecule has 4 nitrogen and oxygen atoms in total. The highest BCUT2D eigenvalue weighted by Gasteiger charge is 2.23. The Bertz CT molecular complexity index is 493. The zero-order valence-electron chi connectivity index (χ0n) is 10.1. The van der Waals surface area contributed by atoms with Crippen molar-refractivity contribution in [3.05, 3.63) is 24.2 Å². The molecule has 0 amide bonds. The Kier molecular flexibility index (Phi) is 2.68. The van der Waals surface area contributed by atoms with Crippen molar-refractivity contribution in [2.45, 2.75) is 39.3 Å². The van der Waals surface area contributed by atoms with E-state index < -0.39 is 5.54 Å². The van der Waals surface area contributed by atoms with Gasteiger partial charge in [0, 0.05) is 12.7 Å². The van der Waals surface area contributed by atoms with Gasteiger partial charge in [-0.3, -0.25) is 0 Å². The van der Waals surface area contributed by atoms with Crippen LogP contribution in [0, 0.1) is 0 Å². The monoisotopic (exact) mass is 218 g/mol. The minimum atomic E-state index is -0.435. The van der Waals surface area contributed by atoms with Crippen molar-refractivity contribution in [3.8, 4) is 0 Å². The number of hydrogen-bond donors (Lipinski definition) is 1. The van der Waals surface area contributed by atoms with Crippen LogP contribution in [0.25, 0.3) is 11.2 Å². The first kappa shape index (κ1) is 11.1. The molecule has 0 aliphatic carbocycles. The van der Waals surface area contributed by atoms with Gasteiger partial charge in [0.2, 0.25) is 0 Å². The first-order valence-corrected chi connectivity index (χ1v) is 5.64. The minimum Gasteiger partial charge on any atom is -0.319 e. The second-order valence-corrected chi connectivity index (χ2v) is 4.65.